The fraction of sp³-hybridized carbons (Fsp3) is 0.625. The van der Waals surface area contributed by atoms with Crippen LogP contribution >= 0.6 is 0 Å². The molecule has 4 nitrogen and oxygen atoms in total. The summed E-state index contributed by atoms with van der Waals surface area (Å²) in [5.41, 5.74) is 0. The van der Waals surface area contributed by atoms with Crippen molar-refractivity contribution < 1.29 is 9.84 Å². The number of nitrogens with zero attached hydrogens (tertiary/aromatic N) is 2. The van der Waals surface area contributed by atoms with Crippen LogP contribution in [-0.2, 0) is 4.74 Å². The maximum atomic E-state index is 9.01. The molecule has 1 unspecified atom stereocenters. The average molecular weight is 170 g/mol. The SMILES string of the molecule is COCCC(C)n1cc(O)cn1. The van der Waals surface area contributed by atoms with Gasteiger partial charge in [0.1, 0.15) is 0 Å². The Morgan fingerprint density at radius 1 is 1.75 bits per heavy atom. The molecule has 4 heteroatoms. The lowest BCUT2D eigenvalue weighted by molar-refractivity contribution is 0.178. The van der Waals surface area contributed by atoms with Crippen LogP contribution in [-0.4, -0.2) is 28.6 Å². The Bertz CT molecular complexity index is 235. The highest BCUT2D eigenvalue weighted by atomic mass is 16.5. The Kier molecular flexibility index (Phi) is 3.10. The van der Waals surface area contributed by atoms with Gasteiger partial charge < -0.3 is 9.84 Å². The summed E-state index contributed by atoms with van der Waals surface area (Å²) >= 11 is 0. The third-order valence-electron chi connectivity index (χ3n) is 1.78. The van der Waals surface area contributed by atoms with E-state index in [4.69, 9.17) is 9.84 Å². The van der Waals surface area contributed by atoms with Crippen molar-refractivity contribution in [2.24, 2.45) is 0 Å². The minimum Gasteiger partial charge on any atom is -0.505 e. The predicted molar refractivity (Wildman–Crippen MR) is 45.1 cm³/mol. The van der Waals surface area contributed by atoms with Crippen LogP contribution in [0.25, 0.3) is 0 Å². The second-order valence-corrected chi connectivity index (χ2v) is 2.81. The van der Waals surface area contributed by atoms with Crippen LogP contribution in [0.1, 0.15) is 19.4 Å². The molecule has 0 spiro atoms. The van der Waals surface area contributed by atoms with E-state index in [1.165, 1.54) is 6.20 Å². The van der Waals surface area contributed by atoms with Crippen LogP contribution < -0.4 is 0 Å². The molecule has 0 amide bonds. The van der Waals surface area contributed by atoms with E-state index in [1.807, 2.05) is 6.92 Å². The molecule has 12 heavy (non-hydrogen) atoms. The Balaban J connectivity index is 2.47. The third kappa shape index (κ3) is 2.23. The Morgan fingerprint density at radius 3 is 3.00 bits per heavy atom. The van der Waals surface area contributed by atoms with Crippen molar-refractivity contribution in [2.75, 3.05) is 13.7 Å². The van der Waals surface area contributed by atoms with E-state index in [0.717, 1.165) is 6.42 Å². The Morgan fingerprint density at radius 2 is 2.50 bits per heavy atom. The van der Waals surface area contributed by atoms with Gasteiger partial charge in [0.05, 0.1) is 18.4 Å². The van der Waals surface area contributed by atoms with Crippen LogP contribution in [0.15, 0.2) is 12.4 Å². The van der Waals surface area contributed by atoms with E-state index in [9.17, 15) is 0 Å². The van der Waals surface area contributed by atoms with Crippen molar-refractivity contribution in [1.29, 1.82) is 0 Å². The van der Waals surface area contributed by atoms with E-state index >= 15 is 0 Å². The lowest BCUT2D eigenvalue weighted by Gasteiger charge is -2.10. The normalized spacial score (nSPS) is 13.2. The number of hydrogen-bond donors (Lipinski definition) is 1. The molecule has 1 aromatic rings. The van der Waals surface area contributed by atoms with Gasteiger partial charge in [-0.3, -0.25) is 4.68 Å². The van der Waals surface area contributed by atoms with Crippen molar-refractivity contribution in [3.8, 4) is 5.75 Å². The second kappa shape index (κ2) is 4.11. The number of aromatic hydroxyl groups is 1. The summed E-state index contributed by atoms with van der Waals surface area (Å²) in [6.07, 6.45) is 3.95. The summed E-state index contributed by atoms with van der Waals surface area (Å²) in [6.45, 7) is 2.74. The molecule has 1 N–H and O–H groups in total. The van der Waals surface area contributed by atoms with Crippen LogP contribution in [0.3, 0.4) is 0 Å². The summed E-state index contributed by atoms with van der Waals surface area (Å²) in [6, 6.07) is 0.269. The van der Waals surface area contributed by atoms with Crippen LogP contribution in [0, 0.1) is 0 Å². The molecular weight excluding hydrogens is 156 g/mol. The minimum absolute atomic E-state index is 0.208. The molecule has 1 heterocycles. The Hall–Kier alpha value is -1.03. The lowest BCUT2D eigenvalue weighted by atomic mass is 10.2. The van der Waals surface area contributed by atoms with Crippen molar-refractivity contribution in [1.82, 2.24) is 9.78 Å². The highest BCUT2D eigenvalue weighted by Crippen LogP contribution is 2.13. The third-order valence-corrected chi connectivity index (χ3v) is 1.78. The van der Waals surface area contributed by atoms with Crippen molar-refractivity contribution in [2.45, 2.75) is 19.4 Å². The zero-order valence-electron chi connectivity index (χ0n) is 7.40. The molecule has 1 atom stereocenters. The van der Waals surface area contributed by atoms with Gasteiger partial charge >= 0.3 is 0 Å². The average Bonchev–Trinajstić information content (AvgIpc) is 2.47. The van der Waals surface area contributed by atoms with E-state index in [2.05, 4.69) is 5.10 Å². The van der Waals surface area contributed by atoms with Crippen molar-refractivity contribution in [3.63, 3.8) is 0 Å². The largest absolute Gasteiger partial charge is 0.505 e. The summed E-state index contributed by atoms with van der Waals surface area (Å²) < 4.78 is 6.67. The number of methoxy groups -OCH3 is 1. The van der Waals surface area contributed by atoms with Crippen molar-refractivity contribution in [3.05, 3.63) is 12.4 Å². The number of aromatic nitrogens is 2. The highest BCUT2D eigenvalue weighted by molar-refractivity contribution is 5.08. The fourth-order valence-electron chi connectivity index (χ4n) is 0.990. The maximum Gasteiger partial charge on any atom is 0.153 e. The van der Waals surface area contributed by atoms with Gasteiger partial charge in [0.25, 0.3) is 0 Å². The summed E-state index contributed by atoms with van der Waals surface area (Å²) in [7, 11) is 1.67. The number of ether oxygens (including phenoxy) is 1. The molecular formula is C8H14N2O2. The van der Waals surface area contributed by atoms with Gasteiger partial charge in [-0.05, 0) is 13.3 Å². The van der Waals surface area contributed by atoms with Gasteiger partial charge in [-0.15, -0.1) is 0 Å². The molecule has 0 saturated heterocycles. The standard InChI is InChI=1S/C8H14N2O2/c1-7(3-4-12-2)10-6-8(11)5-9-10/h5-7,11H,3-4H2,1-2H3. The van der Waals surface area contributed by atoms with Gasteiger partial charge in [-0.2, -0.15) is 5.10 Å². The fourth-order valence-corrected chi connectivity index (χ4v) is 0.990. The van der Waals surface area contributed by atoms with Crippen LogP contribution in [0.4, 0.5) is 0 Å². The van der Waals surface area contributed by atoms with E-state index in [1.54, 1.807) is 18.0 Å². The van der Waals surface area contributed by atoms with Gasteiger partial charge in [-0.25, -0.2) is 0 Å². The van der Waals surface area contributed by atoms with Gasteiger partial charge in [0.2, 0.25) is 0 Å². The first-order valence-electron chi connectivity index (χ1n) is 3.96. The smallest absolute Gasteiger partial charge is 0.153 e. The van der Waals surface area contributed by atoms with E-state index in [-0.39, 0.29) is 11.8 Å². The second-order valence-electron chi connectivity index (χ2n) is 2.81. The molecule has 1 rings (SSSR count). The number of hydrogen-bond acceptors (Lipinski definition) is 3. The molecule has 0 aliphatic carbocycles. The first-order chi connectivity index (χ1) is 5.74. The zero-order chi connectivity index (χ0) is 8.97. The quantitative estimate of drug-likeness (QED) is 0.738. The monoisotopic (exact) mass is 170 g/mol. The molecule has 0 aliphatic rings. The summed E-state index contributed by atoms with van der Waals surface area (Å²) in [5.74, 6) is 0.208. The predicted octanol–water partition coefficient (Wildman–Crippen LogP) is 1.19. The molecule has 0 radical (unpaired) electrons. The topological polar surface area (TPSA) is 47.3 Å². The first-order valence-corrected chi connectivity index (χ1v) is 3.96. The molecule has 0 fully saturated rings. The molecule has 0 aliphatic heterocycles. The van der Waals surface area contributed by atoms with Gasteiger partial charge in [0.15, 0.2) is 5.75 Å². The summed E-state index contributed by atoms with van der Waals surface area (Å²) in [5, 5.41) is 13.0. The number of rotatable bonds is 4. The molecule has 68 valence electrons. The highest BCUT2D eigenvalue weighted by Gasteiger charge is 2.04. The van der Waals surface area contributed by atoms with Crippen LogP contribution in [0.2, 0.25) is 0 Å². The zero-order valence-corrected chi connectivity index (χ0v) is 7.40. The molecule has 0 bridgehead atoms. The van der Waals surface area contributed by atoms with Gasteiger partial charge in [-0.1, -0.05) is 0 Å². The van der Waals surface area contributed by atoms with E-state index < -0.39 is 0 Å². The first kappa shape index (κ1) is 9.06. The van der Waals surface area contributed by atoms with Crippen LogP contribution in [0.5, 0.6) is 5.75 Å². The molecule has 1 aromatic heterocycles. The maximum absolute atomic E-state index is 9.01. The summed E-state index contributed by atoms with van der Waals surface area (Å²) in [4.78, 5) is 0. The van der Waals surface area contributed by atoms with Crippen molar-refractivity contribution >= 4 is 0 Å². The molecule has 0 aromatic carbocycles. The lowest BCUT2D eigenvalue weighted by Crippen LogP contribution is -2.07. The molecule has 0 saturated carbocycles. The van der Waals surface area contributed by atoms with Gasteiger partial charge in [0, 0.05) is 13.7 Å². The Labute approximate surface area is 71.8 Å². The van der Waals surface area contributed by atoms with E-state index in [0.29, 0.717) is 6.61 Å². The minimum atomic E-state index is 0.208.